The van der Waals surface area contributed by atoms with E-state index in [9.17, 15) is 19.2 Å². The summed E-state index contributed by atoms with van der Waals surface area (Å²) in [6, 6.07) is -2.12. The van der Waals surface area contributed by atoms with Gasteiger partial charge in [0, 0.05) is 12.8 Å². The van der Waals surface area contributed by atoms with Gasteiger partial charge in [-0.25, -0.2) is 17.5 Å². The molecule has 2 atom stereocenters. The average molecular weight is 361 g/mol. The average Bonchev–Trinajstić information content (AvgIpc) is 2.59. The van der Waals surface area contributed by atoms with Crippen molar-refractivity contribution in [1.82, 2.24) is 21.6 Å². The maximum absolute atomic E-state index is 12.3. The molecule has 0 aromatic rings. The van der Waals surface area contributed by atoms with Crippen LogP contribution in [-0.2, 0) is 19.2 Å². The molecule has 25 heavy (non-hydrogen) atoms. The number of nitrogens with two attached hydrogens (primary N) is 5. The summed E-state index contributed by atoms with van der Waals surface area (Å²) in [7, 11) is 0. The van der Waals surface area contributed by atoms with E-state index in [2.05, 4.69) is 10.3 Å². The third kappa shape index (κ3) is 9.04. The molecule has 0 spiro atoms. The van der Waals surface area contributed by atoms with E-state index in [1.807, 2.05) is 16.3 Å². The monoisotopic (exact) mass is 361 g/mol. The van der Waals surface area contributed by atoms with Crippen LogP contribution < -0.4 is 55.6 Å². The lowest BCUT2D eigenvalue weighted by atomic mass is 10.1. The number of nitrogens with one attached hydrogen (secondary N) is 5. The molecule has 0 aliphatic carbocycles. The van der Waals surface area contributed by atoms with Crippen LogP contribution in [0.25, 0.3) is 0 Å². The highest BCUT2D eigenvalue weighted by Gasteiger charge is 2.26. The lowest BCUT2D eigenvalue weighted by Gasteiger charge is -2.19. The van der Waals surface area contributed by atoms with Gasteiger partial charge in [-0.2, -0.15) is 0 Å². The van der Waals surface area contributed by atoms with E-state index in [0.717, 1.165) is 0 Å². The number of hydrazine groups is 3. The third-order valence-electron chi connectivity index (χ3n) is 3.07. The van der Waals surface area contributed by atoms with Crippen LogP contribution in [0, 0.1) is 0 Å². The summed E-state index contributed by atoms with van der Waals surface area (Å²) in [6.45, 7) is 0. The standard InChI is InChI=1S/C11H24N10O4/c12-11(13)18-5(1-3-7(22)19-14)9(24)17-6(10(25)21-16)2-4-8(23)20-15/h5-6H,1-4,14-16H2,(H,17,24)(H,19,22)(H,20,23)(H,21,25)(H4,12,13,18)/p+1/t5-,6-/m0/s1. The fraction of sp³-hybridized carbons (Fsp3) is 0.545. The Labute approximate surface area is 143 Å². The molecule has 15 N–H and O–H groups in total. The van der Waals surface area contributed by atoms with Crippen molar-refractivity contribution in [2.75, 3.05) is 0 Å². The molecule has 0 heterocycles. The molecular formula is C11H25N10O4+. The summed E-state index contributed by atoms with van der Waals surface area (Å²) in [5.74, 6) is 12.3. The third-order valence-corrected chi connectivity index (χ3v) is 3.07. The molecule has 142 valence electrons. The minimum Gasteiger partial charge on any atom is -0.341 e. The van der Waals surface area contributed by atoms with Crippen LogP contribution in [0.2, 0.25) is 0 Å². The van der Waals surface area contributed by atoms with Crippen molar-refractivity contribution >= 4 is 29.6 Å². The van der Waals surface area contributed by atoms with Crippen LogP contribution in [0.3, 0.4) is 0 Å². The lowest BCUT2D eigenvalue weighted by molar-refractivity contribution is -0.490. The smallest absolute Gasteiger partial charge is 0.339 e. The van der Waals surface area contributed by atoms with E-state index in [1.165, 1.54) is 0 Å². The zero-order valence-corrected chi connectivity index (χ0v) is 13.5. The zero-order valence-electron chi connectivity index (χ0n) is 13.5. The topological polar surface area (TPSA) is 260 Å². The summed E-state index contributed by atoms with van der Waals surface area (Å²) in [5, 5.41) is 2.39. The van der Waals surface area contributed by atoms with E-state index in [-0.39, 0.29) is 31.6 Å². The first-order valence-corrected chi connectivity index (χ1v) is 7.19. The lowest BCUT2D eigenvalue weighted by Crippen LogP contribution is -2.87. The molecule has 0 aromatic carbocycles. The van der Waals surface area contributed by atoms with Gasteiger partial charge in [0.2, 0.25) is 11.8 Å². The maximum Gasteiger partial charge on any atom is 0.339 e. The minimum atomic E-state index is -1.11. The number of carbonyl (C=O) groups is 4. The summed E-state index contributed by atoms with van der Waals surface area (Å²) >= 11 is 0. The Bertz CT molecular complexity index is 519. The largest absolute Gasteiger partial charge is 0.341 e. The molecule has 0 unspecified atom stereocenters. The van der Waals surface area contributed by atoms with E-state index in [1.54, 1.807) is 0 Å². The van der Waals surface area contributed by atoms with Crippen LogP contribution in [0.4, 0.5) is 0 Å². The highest BCUT2D eigenvalue weighted by Crippen LogP contribution is 2.00. The second kappa shape index (κ2) is 11.5. The van der Waals surface area contributed by atoms with Crippen LogP contribution >= 0.6 is 0 Å². The van der Waals surface area contributed by atoms with Crippen molar-refractivity contribution < 1.29 is 24.2 Å². The molecule has 14 heteroatoms. The molecule has 0 aliphatic heterocycles. The van der Waals surface area contributed by atoms with Gasteiger partial charge in [0.1, 0.15) is 6.04 Å². The van der Waals surface area contributed by atoms with Crippen molar-refractivity contribution in [2.24, 2.45) is 29.0 Å². The molecule has 0 saturated carbocycles. The molecule has 0 bridgehead atoms. The first-order chi connectivity index (χ1) is 11.7. The Kier molecular flexibility index (Phi) is 10.2. The summed E-state index contributed by atoms with van der Waals surface area (Å²) < 4.78 is 0. The molecule has 0 aromatic heterocycles. The van der Waals surface area contributed by atoms with Crippen molar-refractivity contribution in [3.63, 3.8) is 0 Å². The van der Waals surface area contributed by atoms with Gasteiger partial charge >= 0.3 is 5.96 Å². The van der Waals surface area contributed by atoms with Gasteiger partial charge in [-0.05, 0) is 12.8 Å². The number of hydrogen-bond acceptors (Lipinski definition) is 7. The number of rotatable bonds is 10. The van der Waals surface area contributed by atoms with Gasteiger partial charge < -0.3 is 5.32 Å². The number of amides is 4. The summed E-state index contributed by atoms with van der Waals surface area (Å²) in [5.41, 5.74) is 16.3. The van der Waals surface area contributed by atoms with Crippen LogP contribution in [0.1, 0.15) is 25.7 Å². The highest BCUT2D eigenvalue weighted by molar-refractivity contribution is 5.90. The van der Waals surface area contributed by atoms with Gasteiger partial charge in [-0.3, -0.25) is 51.9 Å². The van der Waals surface area contributed by atoms with E-state index >= 15 is 0 Å². The van der Waals surface area contributed by atoms with Crippen LogP contribution in [0.15, 0.2) is 0 Å². The van der Waals surface area contributed by atoms with Gasteiger partial charge in [0.05, 0.1) is 0 Å². The predicted molar refractivity (Wildman–Crippen MR) is 85.5 cm³/mol. The Balaban J connectivity index is 5.02. The number of carbonyl (C=O) groups excluding carboxylic acids is 4. The molecule has 0 fully saturated rings. The molecule has 4 amide bonds. The Morgan fingerprint density at radius 1 is 0.800 bits per heavy atom. The molecule has 0 saturated heterocycles. The Hall–Kier alpha value is -2.97. The van der Waals surface area contributed by atoms with E-state index in [4.69, 9.17) is 29.0 Å². The van der Waals surface area contributed by atoms with Crippen molar-refractivity contribution in [1.29, 1.82) is 0 Å². The van der Waals surface area contributed by atoms with Crippen molar-refractivity contribution in [3.05, 3.63) is 0 Å². The predicted octanol–water partition coefficient (Wildman–Crippen LogP) is -7.28. The Morgan fingerprint density at radius 3 is 1.76 bits per heavy atom. The normalized spacial score (nSPS) is 12.3. The quantitative estimate of drug-likeness (QED) is 0.0581. The van der Waals surface area contributed by atoms with Gasteiger partial charge in [-0.1, -0.05) is 0 Å². The SMILES string of the molecule is NNC(=O)CC[C@H](NC(=O)[C@H](CCC(=O)NN)[NH+]=C(N)N)C(=O)NN. The molecule has 0 aliphatic rings. The highest BCUT2D eigenvalue weighted by atomic mass is 16.2. The first kappa shape index (κ1) is 22.0. The molecule has 0 rings (SSSR count). The van der Waals surface area contributed by atoms with E-state index in [0.29, 0.717) is 0 Å². The van der Waals surface area contributed by atoms with Gasteiger partial charge in [0.25, 0.3) is 11.8 Å². The minimum absolute atomic E-state index is 0.00693. The fourth-order valence-electron chi connectivity index (χ4n) is 1.81. The van der Waals surface area contributed by atoms with E-state index < -0.39 is 35.7 Å². The summed E-state index contributed by atoms with van der Waals surface area (Å²) in [6.07, 6.45) is -0.297. The summed E-state index contributed by atoms with van der Waals surface area (Å²) in [4.78, 5) is 48.9. The van der Waals surface area contributed by atoms with Crippen molar-refractivity contribution in [2.45, 2.75) is 37.8 Å². The van der Waals surface area contributed by atoms with Gasteiger partial charge in [-0.15, -0.1) is 0 Å². The molecule has 14 nitrogen and oxygen atoms in total. The number of hydrogen-bond donors (Lipinski definition) is 10. The van der Waals surface area contributed by atoms with Crippen LogP contribution in [0.5, 0.6) is 0 Å². The first-order valence-electron chi connectivity index (χ1n) is 7.19. The van der Waals surface area contributed by atoms with Gasteiger partial charge in [0.15, 0.2) is 6.04 Å². The maximum atomic E-state index is 12.3. The second-order valence-electron chi connectivity index (χ2n) is 4.93. The second-order valence-corrected chi connectivity index (χ2v) is 4.93. The number of guanidine groups is 1. The van der Waals surface area contributed by atoms with Crippen LogP contribution in [-0.4, -0.2) is 41.7 Å². The fourth-order valence-corrected chi connectivity index (χ4v) is 1.81. The molecular weight excluding hydrogens is 336 g/mol. The molecule has 0 radical (unpaired) electrons. The van der Waals surface area contributed by atoms with Crippen molar-refractivity contribution in [3.8, 4) is 0 Å². The Morgan fingerprint density at radius 2 is 1.32 bits per heavy atom. The zero-order chi connectivity index (χ0) is 19.4.